The number of carbonyl (C=O) groups is 2. The second-order valence-corrected chi connectivity index (χ2v) is 4.26. The van der Waals surface area contributed by atoms with Crippen molar-refractivity contribution in [2.45, 2.75) is 26.7 Å². The maximum atomic E-state index is 11.7. The molecule has 1 atom stereocenters. The quantitative estimate of drug-likeness (QED) is 0.561. The Morgan fingerprint density at radius 3 is 2.63 bits per heavy atom. The molecular weight excluding hydrogens is 244 g/mol. The van der Waals surface area contributed by atoms with Crippen LogP contribution in [-0.4, -0.2) is 26.0 Å². The zero-order valence-corrected chi connectivity index (χ0v) is 11.6. The van der Waals surface area contributed by atoms with Crippen molar-refractivity contribution in [1.29, 1.82) is 0 Å². The number of hydrogen-bond donors (Lipinski definition) is 0. The van der Waals surface area contributed by atoms with Gasteiger partial charge in [0.05, 0.1) is 25.2 Å². The van der Waals surface area contributed by atoms with E-state index in [1.807, 2.05) is 13.0 Å². The molecule has 4 heteroatoms. The maximum Gasteiger partial charge on any atom is 0.309 e. The predicted molar refractivity (Wildman–Crippen MR) is 72.5 cm³/mol. The molecule has 104 valence electrons. The van der Waals surface area contributed by atoms with E-state index in [9.17, 15) is 9.59 Å². The van der Waals surface area contributed by atoms with Gasteiger partial charge in [-0.1, -0.05) is 13.0 Å². The van der Waals surface area contributed by atoms with Gasteiger partial charge in [-0.15, -0.1) is 0 Å². The van der Waals surface area contributed by atoms with Crippen molar-refractivity contribution in [2.24, 2.45) is 5.92 Å². The summed E-state index contributed by atoms with van der Waals surface area (Å²) in [5.41, 5.74) is 1.43. The zero-order valence-electron chi connectivity index (χ0n) is 11.6. The molecule has 0 bridgehead atoms. The number of rotatable bonds is 7. The molecular formula is C15H20O4. The molecule has 0 amide bonds. The van der Waals surface area contributed by atoms with E-state index in [4.69, 9.17) is 9.47 Å². The molecule has 0 heterocycles. The lowest BCUT2D eigenvalue weighted by Gasteiger charge is -2.14. The van der Waals surface area contributed by atoms with Crippen molar-refractivity contribution in [3.63, 3.8) is 0 Å². The smallest absolute Gasteiger partial charge is 0.309 e. The van der Waals surface area contributed by atoms with Gasteiger partial charge in [0.25, 0.3) is 0 Å². The van der Waals surface area contributed by atoms with Crippen LogP contribution >= 0.6 is 0 Å². The van der Waals surface area contributed by atoms with Gasteiger partial charge >= 0.3 is 5.97 Å². The van der Waals surface area contributed by atoms with Crippen LogP contribution in [0.25, 0.3) is 0 Å². The van der Waals surface area contributed by atoms with Crippen LogP contribution in [0.1, 0.15) is 36.2 Å². The van der Waals surface area contributed by atoms with Gasteiger partial charge in [0.1, 0.15) is 5.75 Å². The number of benzene rings is 1. The van der Waals surface area contributed by atoms with Crippen LogP contribution in [0.2, 0.25) is 0 Å². The van der Waals surface area contributed by atoms with E-state index < -0.39 is 0 Å². The summed E-state index contributed by atoms with van der Waals surface area (Å²) in [6.45, 7) is 4.13. The highest BCUT2D eigenvalue weighted by Crippen LogP contribution is 2.21. The number of methoxy groups -OCH3 is 1. The molecule has 1 aromatic carbocycles. The lowest BCUT2D eigenvalue weighted by molar-refractivity contribution is -0.148. The maximum absolute atomic E-state index is 11.7. The van der Waals surface area contributed by atoms with Gasteiger partial charge in [-0.25, -0.2) is 0 Å². The molecule has 0 spiro atoms. The molecule has 4 nitrogen and oxygen atoms in total. The normalized spacial score (nSPS) is 11.7. The van der Waals surface area contributed by atoms with Crippen molar-refractivity contribution in [3.8, 4) is 5.75 Å². The summed E-state index contributed by atoms with van der Waals surface area (Å²) >= 11 is 0. The van der Waals surface area contributed by atoms with Gasteiger partial charge in [0.15, 0.2) is 6.29 Å². The van der Waals surface area contributed by atoms with Crippen LogP contribution in [0.3, 0.4) is 0 Å². The number of esters is 1. The highest BCUT2D eigenvalue weighted by atomic mass is 16.5. The summed E-state index contributed by atoms with van der Waals surface area (Å²) < 4.78 is 10.1. The number of hydrogen-bond acceptors (Lipinski definition) is 4. The van der Waals surface area contributed by atoms with Gasteiger partial charge in [0.2, 0.25) is 0 Å². The summed E-state index contributed by atoms with van der Waals surface area (Å²) in [5.74, 6) is 0.184. The average molecular weight is 264 g/mol. The third-order valence-corrected chi connectivity index (χ3v) is 3.02. The van der Waals surface area contributed by atoms with E-state index in [2.05, 4.69) is 0 Å². The first-order chi connectivity index (χ1) is 9.15. The first-order valence-electron chi connectivity index (χ1n) is 6.44. The van der Waals surface area contributed by atoms with Crippen molar-refractivity contribution in [1.82, 2.24) is 0 Å². The second kappa shape index (κ2) is 7.56. The number of carbonyl (C=O) groups excluding carboxylic acids is 2. The minimum absolute atomic E-state index is 0.173. The summed E-state index contributed by atoms with van der Waals surface area (Å²) in [4.78, 5) is 22.7. The third-order valence-electron chi connectivity index (χ3n) is 3.02. The van der Waals surface area contributed by atoms with Crippen LogP contribution in [-0.2, 0) is 16.0 Å². The molecule has 0 saturated heterocycles. The van der Waals surface area contributed by atoms with Crippen LogP contribution in [0.15, 0.2) is 18.2 Å². The standard InChI is InChI=1S/C15H20O4/c1-4-12(15(17)19-5-2)8-11-6-7-14(18-3)13(9-11)10-16/h6-7,9-10,12H,4-5,8H2,1-3H3. The fraction of sp³-hybridized carbons (Fsp3) is 0.467. The summed E-state index contributed by atoms with van der Waals surface area (Å²) in [6, 6.07) is 5.37. The average Bonchev–Trinajstić information content (AvgIpc) is 2.44. The van der Waals surface area contributed by atoms with Crippen LogP contribution in [0.5, 0.6) is 5.75 Å². The SMILES string of the molecule is CCOC(=O)C(CC)Cc1ccc(OC)c(C=O)c1. The Morgan fingerprint density at radius 1 is 1.37 bits per heavy atom. The number of aldehydes is 1. The molecule has 1 rings (SSSR count). The third kappa shape index (κ3) is 4.09. The second-order valence-electron chi connectivity index (χ2n) is 4.26. The Balaban J connectivity index is 2.85. The molecule has 0 N–H and O–H groups in total. The largest absolute Gasteiger partial charge is 0.496 e. The van der Waals surface area contributed by atoms with Gasteiger partial charge in [-0.05, 0) is 37.5 Å². The molecule has 0 aliphatic heterocycles. The van der Waals surface area contributed by atoms with Crippen molar-refractivity contribution < 1.29 is 19.1 Å². The summed E-state index contributed by atoms with van der Waals surface area (Å²) in [7, 11) is 1.52. The number of ether oxygens (including phenoxy) is 2. The van der Waals surface area contributed by atoms with Crippen molar-refractivity contribution in [2.75, 3.05) is 13.7 Å². The molecule has 0 aliphatic carbocycles. The molecule has 0 radical (unpaired) electrons. The Labute approximate surface area is 113 Å². The van der Waals surface area contributed by atoms with E-state index in [-0.39, 0.29) is 11.9 Å². The van der Waals surface area contributed by atoms with E-state index in [0.717, 1.165) is 11.8 Å². The van der Waals surface area contributed by atoms with Crippen LogP contribution in [0, 0.1) is 5.92 Å². The molecule has 0 aliphatic rings. The lowest BCUT2D eigenvalue weighted by atomic mass is 9.96. The topological polar surface area (TPSA) is 52.6 Å². The van der Waals surface area contributed by atoms with Gasteiger partial charge in [0, 0.05) is 0 Å². The minimum atomic E-state index is -0.187. The molecule has 0 aromatic heterocycles. The lowest BCUT2D eigenvalue weighted by Crippen LogP contribution is -2.19. The minimum Gasteiger partial charge on any atom is -0.496 e. The Morgan fingerprint density at radius 2 is 2.11 bits per heavy atom. The van der Waals surface area contributed by atoms with Gasteiger partial charge in [-0.2, -0.15) is 0 Å². The molecule has 0 saturated carbocycles. The molecule has 1 aromatic rings. The first-order valence-corrected chi connectivity index (χ1v) is 6.44. The molecule has 0 fully saturated rings. The Kier molecular flexibility index (Phi) is 6.06. The monoisotopic (exact) mass is 264 g/mol. The highest BCUT2D eigenvalue weighted by molar-refractivity contribution is 5.80. The van der Waals surface area contributed by atoms with Gasteiger partial charge < -0.3 is 9.47 Å². The van der Waals surface area contributed by atoms with Gasteiger partial charge in [-0.3, -0.25) is 9.59 Å². The highest BCUT2D eigenvalue weighted by Gasteiger charge is 2.18. The van der Waals surface area contributed by atoms with Crippen molar-refractivity contribution >= 4 is 12.3 Å². The fourth-order valence-electron chi connectivity index (χ4n) is 1.94. The predicted octanol–water partition coefficient (Wildman–Crippen LogP) is 2.64. The first kappa shape index (κ1) is 15.2. The van der Waals surface area contributed by atoms with E-state index in [1.54, 1.807) is 19.1 Å². The van der Waals surface area contributed by atoms with E-state index >= 15 is 0 Å². The van der Waals surface area contributed by atoms with Crippen LogP contribution in [0.4, 0.5) is 0 Å². The van der Waals surface area contributed by atoms with Crippen LogP contribution < -0.4 is 4.74 Å². The van der Waals surface area contributed by atoms with Crippen molar-refractivity contribution in [3.05, 3.63) is 29.3 Å². The molecule has 1 unspecified atom stereocenters. The Bertz CT molecular complexity index is 440. The zero-order chi connectivity index (χ0) is 14.3. The van der Waals surface area contributed by atoms with E-state index in [0.29, 0.717) is 30.8 Å². The fourth-order valence-corrected chi connectivity index (χ4v) is 1.94. The summed E-state index contributed by atoms with van der Waals surface area (Å²) in [5, 5.41) is 0. The van der Waals surface area contributed by atoms with E-state index in [1.165, 1.54) is 7.11 Å². The Hall–Kier alpha value is -1.84. The molecule has 19 heavy (non-hydrogen) atoms. The summed E-state index contributed by atoms with van der Waals surface area (Å²) in [6.07, 6.45) is 2.04.